The first-order chi connectivity index (χ1) is 9.63. The quantitative estimate of drug-likeness (QED) is 0.887. The number of benzene rings is 2. The number of hydrogen-bond acceptors (Lipinski definition) is 3. The molecule has 0 bridgehead atoms. The predicted octanol–water partition coefficient (Wildman–Crippen LogP) is 3.62. The highest BCUT2D eigenvalue weighted by atomic mass is 35.5. The monoisotopic (exact) mass is 290 g/mol. The molecule has 0 saturated heterocycles. The van der Waals surface area contributed by atoms with E-state index in [0.717, 1.165) is 5.56 Å². The van der Waals surface area contributed by atoms with Crippen LogP contribution in [0.25, 0.3) is 0 Å². The summed E-state index contributed by atoms with van der Waals surface area (Å²) in [4.78, 5) is 0. The maximum Gasteiger partial charge on any atom is 0.124 e. The van der Waals surface area contributed by atoms with Gasteiger partial charge in [-0.25, -0.2) is 4.39 Å². The summed E-state index contributed by atoms with van der Waals surface area (Å²) in [6.45, 7) is 0. The zero-order valence-corrected chi connectivity index (χ0v) is 11.2. The summed E-state index contributed by atoms with van der Waals surface area (Å²) < 4.78 is 13.3. The number of hydrogen-bond donors (Lipinski definition) is 2. The highest BCUT2D eigenvalue weighted by Crippen LogP contribution is 2.29. The van der Waals surface area contributed by atoms with Crippen molar-refractivity contribution in [2.45, 2.75) is 12.5 Å². The van der Waals surface area contributed by atoms with Crippen LogP contribution in [0.5, 0.6) is 5.75 Å². The Morgan fingerprint density at radius 3 is 2.70 bits per heavy atom. The van der Waals surface area contributed by atoms with Crippen molar-refractivity contribution < 1.29 is 9.50 Å². The normalized spacial score (nSPS) is 17.7. The maximum atomic E-state index is 13.3. The molecular formula is C15H12ClFN2O. The number of halogens is 2. The number of nitrogens with zero attached hydrogens (tertiary/aromatic N) is 1. The second-order valence-corrected chi connectivity index (χ2v) is 5.09. The Morgan fingerprint density at radius 2 is 1.95 bits per heavy atom. The van der Waals surface area contributed by atoms with Crippen LogP contribution in [0.2, 0.25) is 5.02 Å². The van der Waals surface area contributed by atoms with Crippen LogP contribution in [0.3, 0.4) is 0 Å². The van der Waals surface area contributed by atoms with Crippen molar-refractivity contribution in [2.24, 2.45) is 5.10 Å². The van der Waals surface area contributed by atoms with E-state index in [1.165, 1.54) is 18.2 Å². The molecule has 0 radical (unpaired) electrons. The van der Waals surface area contributed by atoms with Gasteiger partial charge < -0.3 is 10.5 Å². The van der Waals surface area contributed by atoms with Crippen LogP contribution < -0.4 is 5.43 Å². The smallest absolute Gasteiger partial charge is 0.124 e. The van der Waals surface area contributed by atoms with Gasteiger partial charge in [-0.05, 0) is 35.9 Å². The molecule has 20 heavy (non-hydrogen) atoms. The molecule has 102 valence electrons. The summed E-state index contributed by atoms with van der Waals surface area (Å²) in [6.07, 6.45) is 0.582. The van der Waals surface area contributed by atoms with E-state index in [1.807, 2.05) is 24.3 Å². The van der Waals surface area contributed by atoms with E-state index in [4.69, 9.17) is 11.6 Å². The summed E-state index contributed by atoms with van der Waals surface area (Å²) >= 11 is 5.86. The third-order valence-corrected chi connectivity index (χ3v) is 3.55. The Hall–Kier alpha value is -2.07. The highest BCUT2D eigenvalue weighted by molar-refractivity contribution is 6.30. The first-order valence-corrected chi connectivity index (χ1v) is 6.58. The van der Waals surface area contributed by atoms with Crippen molar-refractivity contribution >= 4 is 17.3 Å². The Kier molecular flexibility index (Phi) is 3.32. The van der Waals surface area contributed by atoms with Gasteiger partial charge in [-0.3, -0.25) is 0 Å². The minimum Gasteiger partial charge on any atom is -0.507 e. The van der Waals surface area contributed by atoms with Crippen LogP contribution in [0, 0.1) is 5.82 Å². The van der Waals surface area contributed by atoms with Gasteiger partial charge in [-0.2, -0.15) is 5.10 Å². The molecule has 0 aromatic heterocycles. The summed E-state index contributed by atoms with van der Waals surface area (Å²) in [5, 5.41) is 14.7. The van der Waals surface area contributed by atoms with Crippen LogP contribution in [0.15, 0.2) is 47.6 Å². The fourth-order valence-corrected chi connectivity index (χ4v) is 2.36. The Balaban J connectivity index is 1.82. The Bertz CT molecular complexity index is 670. The van der Waals surface area contributed by atoms with Crippen LogP contribution >= 0.6 is 11.6 Å². The second kappa shape index (κ2) is 5.13. The molecule has 3 rings (SSSR count). The van der Waals surface area contributed by atoms with Crippen LogP contribution in [-0.2, 0) is 0 Å². The van der Waals surface area contributed by atoms with Crippen molar-refractivity contribution in [2.75, 3.05) is 0 Å². The Labute approximate surface area is 120 Å². The van der Waals surface area contributed by atoms with Gasteiger partial charge >= 0.3 is 0 Å². The van der Waals surface area contributed by atoms with Crippen molar-refractivity contribution in [3.8, 4) is 5.75 Å². The molecule has 5 heteroatoms. The molecule has 0 saturated carbocycles. The molecule has 2 aromatic carbocycles. The third kappa shape index (κ3) is 2.47. The van der Waals surface area contributed by atoms with E-state index in [0.29, 0.717) is 22.7 Å². The van der Waals surface area contributed by atoms with E-state index < -0.39 is 5.82 Å². The first kappa shape index (κ1) is 12.9. The molecule has 0 spiro atoms. The lowest BCUT2D eigenvalue weighted by Crippen LogP contribution is -2.09. The van der Waals surface area contributed by atoms with Gasteiger partial charge in [0.2, 0.25) is 0 Å². The summed E-state index contributed by atoms with van der Waals surface area (Å²) in [6, 6.07) is 11.3. The number of aromatic hydroxyl groups is 1. The summed E-state index contributed by atoms with van der Waals surface area (Å²) in [5.41, 5.74) is 5.11. The summed E-state index contributed by atoms with van der Waals surface area (Å²) in [5.74, 6) is -0.362. The lowest BCUT2D eigenvalue weighted by Gasteiger charge is -2.10. The zero-order valence-electron chi connectivity index (χ0n) is 10.5. The van der Waals surface area contributed by atoms with E-state index in [-0.39, 0.29) is 11.8 Å². The standard InChI is InChI=1S/C15H12ClFN2O/c16-10-3-1-9(2-4-10)13-8-14(19-18-13)12-7-11(17)5-6-15(12)20/h1-7,13,18,20H,8H2/t13-/m0/s1. The number of phenolic OH excluding ortho intramolecular Hbond substituents is 1. The lowest BCUT2D eigenvalue weighted by molar-refractivity contribution is 0.471. The maximum absolute atomic E-state index is 13.3. The highest BCUT2D eigenvalue weighted by Gasteiger charge is 2.23. The Morgan fingerprint density at radius 1 is 1.20 bits per heavy atom. The van der Waals surface area contributed by atoms with Gasteiger partial charge in [-0.1, -0.05) is 23.7 Å². The largest absolute Gasteiger partial charge is 0.507 e. The van der Waals surface area contributed by atoms with Crippen LogP contribution in [0.1, 0.15) is 23.6 Å². The van der Waals surface area contributed by atoms with Gasteiger partial charge in [0.25, 0.3) is 0 Å². The van der Waals surface area contributed by atoms with Crippen molar-refractivity contribution in [3.63, 3.8) is 0 Å². The second-order valence-electron chi connectivity index (χ2n) is 4.66. The van der Waals surface area contributed by atoms with E-state index in [2.05, 4.69) is 10.5 Å². The van der Waals surface area contributed by atoms with E-state index >= 15 is 0 Å². The molecule has 1 aliphatic rings. The van der Waals surface area contributed by atoms with Crippen molar-refractivity contribution in [1.82, 2.24) is 5.43 Å². The molecule has 0 aliphatic carbocycles. The molecule has 0 unspecified atom stereocenters. The first-order valence-electron chi connectivity index (χ1n) is 6.20. The minimum atomic E-state index is -0.393. The van der Waals surface area contributed by atoms with Crippen LogP contribution in [-0.4, -0.2) is 10.8 Å². The zero-order chi connectivity index (χ0) is 14.1. The number of phenols is 1. The fourth-order valence-electron chi connectivity index (χ4n) is 2.24. The van der Waals surface area contributed by atoms with Gasteiger partial charge in [0, 0.05) is 17.0 Å². The predicted molar refractivity (Wildman–Crippen MR) is 76.5 cm³/mol. The SMILES string of the molecule is Oc1ccc(F)cc1C1=NN[C@H](c2ccc(Cl)cc2)C1. The van der Waals surface area contributed by atoms with Crippen molar-refractivity contribution in [1.29, 1.82) is 0 Å². The van der Waals surface area contributed by atoms with E-state index in [1.54, 1.807) is 0 Å². The fraction of sp³-hybridized carbons (Fsp3) is 0.133. The number of rotatable bonds is 2. The molecule has 2 N–H and O–H groups in total. The van der Waals surface area contributed by atoms with Gasteiger partial charge in [0.15, 0.2) is 0 Å². The lowest BCUT2D eigenvalue weighted by atomic mass is 9.98. The van der Waals surface area contributed by atoms with Crippen LogP contribution in [0.4, 0.5) is 4.39 Å². The molecule has 0 fully saturated rings. The molecular weight excluding hydrogens is 279 g/mol. The van der Waals surface area contributed by atoms with E-state index in [9.17, 15) is 9.50 Å². The van der Waals surface area contributed by atoms with Gasteiger partial charge in [-0.15, -0.1) is 0 Å². The van der Waals surface area contributed by atoms with Gasteiger partial charge in [0.05, 0.1) is 11.8 Å². The molecule has 2 aromatic rings. The molecule has 0 amide bonds. The molecule has 1 atom stereocenters. The molecule has 3 nitrogen and oxygen atoms in total. The van der Waals surface area contributed by atoms with Gasteiger partial charge in [0.1, 0.15) is 11.6 Å². The molecule has 1 aliphatic heterocycles. The topological polar surface area (TPSA) is 44.6 Å². The van der Waals surface area contributed by atoms with Crippen molar-refractivity contribution in [3.05, 3.63) is 64.4 Å². The number of hydrazone groups is 1. The number of nitrogens with one attached hydrogen (secondary N) is 1. The average molecular weight is 291 g/mol. The average Bonchev–Trinajstić information content (AvgIpc) is 2.92. The summed E-state index contributed by atoms with van der Waals surface area (Å²) in [7, 11) is 0. The minimum absolute atomic E-state index is 0.00457. The molecule has 1 heterocycles. The third-order valence-electron chi connectivity index (χ3n) is 3.29.